The molecule has 0 aromatic heterocycles. The lowest BCUT2D eigenvalue weighted by Crippen LogP contribution is -2.19. The van der Waals surface area contributed by atoms with Crippen molar-refractivity contribution >= 4 is 5.71 Å². The van der Waals surface area contributed by atoms with E-state index in [1.807, 2.05) is 31.2 Å². The fraction of sp³-hybridized carbons (Fsp3) is 0.308. The molecule has 1 aromatic carbocycles. The molecule has 4 heteroatoms. The molecule has 0 aliphatic heterocycles. The van der Waals surface area contributed by atoms with Crippen LogP contribution in [0, 0.1) is 5.41 Å². The van der Waals surface area contributed by atoms with E-state index in [1.54, 1.807) is 14.0 Å². The molecule has 0 amide bonds. The van der Waals surface area contributed by atoms with Gasteiger partial charge in [0.1, 0.15) is 5.75 Å². The van der Waals surface area contributed by atoms with Gasteiger partial charge in [0.05, 0.1) is 18.5 Å². The quantitative estimate of drug-likeness (QED) is 0.681. The van der Waals surface area contributed by atoms with Crippen molar-refractivity contribution < 1.29 is 4.74 Å². The first-order valence-electron chi connectivity index (χ1n) is 5.43. The van der Waals surface area contributed by atoms with Gasteiger partial charge in [-0.2, -0.15) is 0 Å². The van der Waals surface area contributed by atoms with E-state index in [0.29, 0.717) is 18.0 Å². The van der Waals surface area contributed by atoms with Crippen molar-refractivity contribution in [2.24, 2.45) is 5.73 Å². The summed E-state index contributed by atoms with van der Waals surface area (Å²) in [6, 6.07) is 7.82. The number of methoxy groups -OCH3 is 1. The molecule has 0 spiro atoms. The molecular weight excluding hydrogens is 214 g/mol. The van der Waals surface area contributed by atoms with E-state index in [4.69, 9.17) is 15.9 Å². The van der Waals surface area contributed by atoms with Crippen molar-refractivity contribution in [1.29, 1.82) is 5.41 Å². The van der Waals surface area contributed by atoms with Crippen molar-refractivity contribution in [2.75, 3.05) is 7.11 Å². The van der Waals surface area contributed by atoms with E-state index >= 15 is 0 Å². The summed E-state index contributed by atoms with van der Waals surface area (Å²) in [4.78, 5) is 0. The zero-order valence-electron chi connectivity index (χ0n) is 10.5. The highest BCUT2D eigenvalue weighted by molar-refractivity contribution is 5.95. The summed E-state index contributed by atoms with van der Waals surface area (Å²) >= 11 is 0. The zero-order chi connectivity index (χ0) is 12.8. The van der Waals surface area contributed by atoms with Crippen molar-refractivity contribution in [3.8, 4) is 5.75 Å². The third-order valence-electron chi connectivity index (χ3n) is 2.52. The molecule has 0 atom stereocenters. The first-order valence-corrected chi connectivity index (χ1v) is 5.43. The maximum absolute atomic E-state index is 7.43. The molecule has 4 N–H and O–H groups in total. The van der Waals surface area contributed by atoms with Crippen LogP contribution in [0.25, 0.3) is 0 Å². The fourth-order valence-electron chi connectivity index (χ4n) is 1.35. The third kappa shape index (κ3) is 3.83. The molecule has 0 heterocycles. The Morgan fingerprint density at radius 3 is 2.35 bits per heavy atom. The fourth-order valence-corrected chi connectivity index (χ4v) is 1.35. The van der Waals surface area contributed by atoms with Crippen LogP contribution in [0.4, 0.5) is 0 Å². The minimum absolute atomic E-state index is 0.379. The molecule has 0 unspecified atom stereocenters. The Labute approximate surface area is 102 Å². The lowest BCUT2D eigenvalue weighted by Gasteiger charge is -2.10. The lowest BCUT2D eigenvalue weighted by molar-refractivity contribution is 0.414. The maximum Gasteiger partial charge on any atom is 0.118 e. The van der Waals surface area contributed by atoms with Gasteiger partial charge in [0.2, 0.25) is 0 Å². The molecule has 92 valence electrons. The molecule has 0 aliphatic rings. The predicted molar refractivity (Wildman–Crippen MR) is 70.1 cm³/mol. The highest BCUT2D eigenvalue weighted by Gasteiger charge is 2.00. The van der Waals surface area contributed by atoms with E-state index < -0.39 is 0 Å². The number of hydrogen-bond acceptors (Lipinski definition) is 4. The van der Waals surface area contributed by atoms with Gasteiger partial charge in [0.15, 0.2) is 0 Å². The smallest absolute Gasteiger partial charge is 0.118 e. The SMILES string of the molecule is COc1ccc(CN/C(C)=C(/N)C(C)=N)cc1. The standard InChI is InChI=1S/C13H19N3O/c1-9(14)13(15)10(2)16-8-11-4-6-12(17-3)7-5-11/h4-7,14,16H,8,15H2,1-3H3/b13-10+,14-9?. The Morgan fingerprint density at radius 2 is 1.88 bits per heavy atom. The highest BCUT2D eigenvalue weighted by atomic mass is 16.5. The van der Waals surface area contributed by atoms with E-state index in [-0.39, 0.29) is 0 Å². The third-order valence-corrected chi connectivity index (χ3v) is 2.52. The Morgan fingerprint density at radius 1 is 1.29 bits per heavy atom. The number of nitrogens with one attached hydrogen (secondary N) is 2. The Balaban J connectivity index is 2.61. The first kappa shape index (κ1) is 13.1. The van der Waals surface area contributed by atoms with Crippen LogP contribution in [-0.2, 0) is 6.54 Å². The summed E-state index contributed by atoms with van der Waals surface area (Å²) in [5.74, 6) is 0.843. The van der Waals surface area contributed by atoms with E-state index in [1.165, 1.54) is 0 Å². The number of rotatable bonds is 5. The molecular formula is C13H19N3O. The molecule has 0 bridgehead atoms. The molecule has 0 saturated heterocycles. The maximum atomic E-state index is 7.43. The van der Waals surface area contributed by atoms with Crippen LogP contribution in [0.2, 0.25) is 0 Å². The molecule has 0 fully saturated rings. The van der Waals surface area contributed by atoms with Crippen molar-refractivity contribution in [3.63, 3.8) is 0 Å². The molecule has 1 rings (SSSR count). The Hall–Kier alpha value is -1.97. The summed E-state index contributed by atoms with van der Waals surface area (Å²) in [5.41, 5.74) is 8.59. The molecule has 17 heavy (non-hydrogen) atoms. The van der Waals surface area contributed by atoms with Gasteiger partial charge in [-0.05, 0) is 31.5 Å². The number of nitrogens with two attached hydrogens (primary N) is 1. The summed E-state index contributed by atoms with van der Waals surface area (Å²) in [6.45, 7) is 4.23. The number of ether oxygens (including phenoxy) is 1. The number of hydrogen-bond donors (Lipinski definition) is 3. The van der Waals surface area contributed by atoms with Crippen LogP contribution >= 0.6 is 0 Å². The van der Waals surface area contributed by atoms with Crippen LogP contribution in [0.3, 0.4) is 0 Å². The summed E-state index contributed by atoms with van der Waals surface area (Å²) in [7, 11) is 1.65. The molecule has 1 aromatic rings. The Kier molecular flexibility index (Phi) is 4.57. The molecule has 0 aliphatic carbocycles. The van der Waals surface area contributed by atoms with Gasteiger partial charge in [-0.25, -0.2) is 0 Å². The summed E-state index contributed by atoms with van der Waals surface area (Å²) < 4.78 is 5.09. The van der Waals surface area contributed by atoms with Gasteiger partial charge in [-0.1, -0.05) is 12.1 Å². The van der Waals surface area contributed by atoms with Gasteiger partial charge in [-0.15, -0.1) is 0 Å². The normalized spacial score (nSPS) is 11.7. The van der Waals surface area contributed by atoms with Gasteiger partial charge < -0.3 is 21.2 Å². The predicted octanol–water partition coefficient (Wildman–Crippen LogP) is 2.01. The molecule has 0 radical (unpaired) electrons. The summed E-state index contributed by atoms with van der Waals surface area (Å²) in [6.07, 6.45) is 0. The van der Waals surface area contributed by atoms with Gasteiger partial charge in [0, 0.05) is 12.2 Å². The van der Waals surface area contributed by atoms with Crippen LogP contribution in [0.5, 0.6) is 5.75 Å². The molecule has 4 nitrogen and oxygen atoms in total. The van der Waals surface area contributed by atoms with Crippen molar-refractivity contribution in [3.05, 3.63) is 41.2 Å². The van der Waals surface area contributed by atoms with E-state index in [2.05, 4.69) is 5.32 Å². The largest absolute Gasteiger partial charge is 0.497 e. The Bertz CT molecular complexity index is 421. The second kappa shape index (κ2) is 5.94. The second-order valence-electron chi connectivity index (χ2n) is 3.87. The topological polar surface area (TPSA) is 71.1 Å². The van der Waals surface area contributed by atoms with Crippen LogP contribution in [0.15, 0.2) is 35.7 Å². The number of benzene rings is 1. The highest BCUT2D eigenvalue weighted by Crippen LogP contribution is 2.11. The van der Waals surface area contributed by atoms with Crippen LogP contribution < -0.4 is 15.8 Å². The van der Waals surface area contributed by atoms with E-state index in [9.17, 15) is 0 Å². The van der Waals surface area contributed by atoms with Gasteiger partial charge >= 0.3 is 0 Å². The lowest BCUT2D eigenvalue weighted by atomic mass is 10.2. The van der Waals surface area contributed by atoms with Gasteiger partial charge in [-0.3, -0.25) is 0 Å². The van der Waals surface area contributed by atoms with Crippen LogP contribution in [0.1, 0.15) is 19.4 Å². The average Bonchev–Trinajstić information content (AvgIpc) is 2.35. The minimum atomic E-state index is 0.379. The van der Waals surface area contributed by atoms with Gasteiger partial charge in [0.25, 0.3) is 0 Å². The van der Waals surface area contributed by atoms with E-state index in [0.717, 1.165) is 17.0 Å². The average molecular weight is 233 g/mol. The molecule has 0 saturated carbocycles. The van der Waals surface area contributed by atoms with Crippen molar-refractivity contribution in [1.82, 2.24) is 5.32 Å². The number of allylic oxidation sites excluding steroid dienone is 2. The zero-order valence-corrected chi connectivity index (χ0v) is 10.5. The van der Waals surface area contributed by atoms with Crippen molar-refractivity contribution in [2.45, 2.75) is 20.4 Å². The minimum Gasteiger partial charge on any atom is -0.497 e. The monoisotopic (exact) mass is 233 g/mol. The second-order valence-corrected chi connectivity index (χ2v) is 3.87. The van der Waals surface area contributed by atoms with Crippen LogP contribution in [-0.4, -0.2) is 12.8 Å². The first-order chi connectivity index (χ1) is 8.04. The summed E-state index contributed by atoms with van der Waals surface area (Å²) in [5, 5.41) is 10.6.